The highest BCUT2D eigenvalue weighted by Gasteiger charge is 2.34. The maximum Gasteiger partial charge on any atom is 0.522 e. The number of nitrogens with one attached hydrogen (secondary N) is 1. The Morgan fingerprint density at radius 1 is 1.45 bits per heavy atom. The largest absolute Gasteiger partial charge is 0.522 e. The minimum absolute atomic E-state index is 0.0735. The van der Waals surface area contributed by atoms with Crippen LogP contribution < -0.4 is 5.32 Å². The van der Waals surface area contributed by atoms with Crippen LogP contribution in [0.15, 0.2) is 0 Å². The first kappa shape index (κ1) is 16.7. The first-order valence-corrected chi connectivity index (χ1v) is 6.53. The first-order valence-electron chi connectivity index (χ1n) is 6.53. The van der Waals surface area contributed by atoms with Gasteiger partial charge in [0.15, 0.2) is 0 Å². The normalized spacial score (nSPS) is 22.4. The fourth-order valence-electron chi connectivity index (χ4n) is 1.97. The molecule has 0 aromatic carbocycles. The third kappa shape index (κ3) is 4.99. The average Bonchev–Trinajstić information content (AvgIpc) is 2.49. The minimum Gasteiger partial charge on any atom is -0.344 e. The molecule has 0 saturated carbocycles. The number of hydrogen-bond acceptors (Lipinski definition) is 3. The van der Waals surface area contributed by atoms with Crippen molar-refractivity contribution in [2.75, 3.05) is 19.7 Å². The number of carbonyl (C=O) groups is 2. The van der Waals surface area contributed by atoms with Crippen molar-refractivity contribution in [1.29, 1.82) is 0 Å². The van der Waals surface area contributed by atoms with E-state index in [1.54, 1.807) is 0 Å². The summed E-state index contributed by atoms with van der Waals surface area (Å²) in [5.41, 5.74) is 0. The molecule has 1 aliphatic rings. The summed E-state index contributed by atoms with van der Waals surface area (Å²) in [6.45, 7) is 3.00. The van der Waals surface area contributed by atoms with Gasteiger partial charge in [0.2, 0.25) is 11.8 Å². The predicted octanol–water partition coefficient (Wildman–Crippen LogP) is 1.29. The number of rotatable bonds is 5. The Bertz CT molecular complexity index is 360. The second kappa shape index (κ2) is 6.92. The molecule has 8 heteroatoms. The number of carbonyl (C=O) groups excluding carboxylic acids is 2. The van der Waals surface area contributed by atoms with Crippen LogP contribution in [0.4, 0.5) is 13.2 Å². The average molecular weight is 296 g/mol. The Morgan fingerprint density at radius 2 is 2.10 bits per heavy atom. The monoisotopic (exact) mass is 296 g/mol. The molecule has 20 heavy (non-hydrogen) atoms. The second-order valence-corrected chi connectivity index (χ2v) is 4.80. The molecule has 0 aromatic rings. The lowest BCUT2D eigenvalue weighted by Crippen LogP contribution is -2.49. The molecule has 1 saturated heterocycles. The van der Waals surface area contributed by atoms with Gasteiger partial charge in [-0.25, -0.2) is 0 Å². The summed E-state index contributed by atoms with van der Waals surface area (Å²) in [4.78, 5) is 25.0. The van der Waals surface area contributed by atoms with Crippen molar-refractivity contribution in [1.82, 2.24) is 10.2 Å². The van der Waals surface area contributed by atoms with Crippen molar-refractivity contribution < 1.29 is 27.5 Å². The zero-order chi connectivity index (χ0) is 15.3. The highest BCUT2D eigenvalue weighted by molar-refractivity contribution is 5.90. The van der Waals surface area contributed by atoms with Gasteiger partial charge < -0.3 is 10.2 Å². The van der Waals surface area contributed by atoms with Crippen LogP contribution in [0, 0.1) is 5.92 Å². The lowest BCUT2D eigenvalue weighted by atomic mass is 9.98. The second-order valence-electron chi connectivity index (χ2n) is 4.80. The predicted molar refractivity (Wildman–Crippen MR) is 64.6 cm³/mol. The molecule has 2 amide bonds. The molecule has 5 nitrogen and oxygen atoms in total. The van der Waals surface area contributed by atoms with E-state index >= 15 is 0 Å². The number of halogens is 3. The van der Waals surface area contributed by atoms with Gasteiger partial charge in [-0.15, -0.1) is 13.2 Å². The van der Waals surface area contributed by atoms with Crippen molar-refractivity contribution in [2.24, 2.45) is 5.92 Å². The van der Waals surface area contributed by atoms with Gasteiger partial charge in [0.1, 0.15) is 6.04 Å². The summed E-state index contributed by atoms with van der Waals surface area (Å²) in [6, 6.07) is -0.680. The van der Waals surface area contributed by atoms with Crippen molar-refractivity contribution in [2.45, 2.75) is 39.1 Å². The van der Waals surface area contributed by atoms with E-state index in [1.807, 2.05) is 13.8 Å². The standard InChI is InChI=1S/C12H19F3N2O3/c1-3-8(2)10-11(19)17(5-4-9(18)16-10)6-7-20-12(13,14)15/h8,10H,3-7H2,1-2H3,(H,16,18). The summed E-state index contributed by atoms with van der Waals surface area (Å²) < 4.78 is 39.4. The van der Waals surface area contributed by atoms with Crippen molar-refractivity contribution in [3.63, 3.8) is 0 Å². The molecule has 2 atom stereocenters. The van der Waals surface area contributed by atoms with E-state index < -0.39 is 19.0 Å². The molecule has 1 fully saturated rings. The lowest BCUT2D eigenvalue weighted by Gasteiger charge is -2.27. The summed E-state index contributed by atoms with van der Waals surface area (Å²) >= 11 is 0. The van der Waals surface area contributed by atoms with Gasteiger partial charge in [-0.2, -0.15) is 0 Å². The Labute approximate surface area is 115 Å². The maximum absolute atomic E-state index is 12.2. The van der Waals surface area contributed by atoms with E-state index in [4.69, 9.17) is 0 Å². The fourth-order valence-corrected chi connectivity index (χ4v) is 1.97. The Kier molecular flexibility index (Phi) is 5.79. The van der Waals surface area contributed by atoms with Crippen LogP contribution in [0.2, 0.25) is 0 Å². The zero-order valence-corrected chi connectivity index (χ0v) is 11.5. The number of alkyl halides is 3. The Morgan fingerprint density at radius 3 is 2.65 bits per heavy atom. The number of hydrogen-bond donors (Lipinski definition) is 1. The molecule has 1 aliphatic heterocycles. The molecule has 116 valence electrons. The van der Waals surface area contributed by atoms with Crippen LogP contribution in [0.3, 0.4) is 0 Å². The van der Waals surface area contributed by atoms with Crippen LogP contribution in [-0.4, -0.2) is 48.8 Å². The Balaban J connectivity index is 2.65. The van der Waals surface area contributed by atoms with E-state index in [0.29, 0.717) is 6.42 Å². The zero-order valence-electron chi connectivity index (χ0n) is 11.5. The van der Waals surface area contributed by atoms with Crippen molar-refractivity contribution in [3.8, 4) is 0 Å². The molecular formula is C12H19F3N2O3. The smallest absolute Gasteiger partial charge is 0.344 e. The van der Waals surface area contributed by atoms with Gasteiger partial charge in [-0.05, 0) is 5.92 Å². The quantitative estimate of drug-likeness (QED) is 0.831. The van der Waals surface area contributed by atoms with Gasteiger partial charge in [0.05, 0.1) is 6.61 Å². The van der Waals surface area contributed by atoms with E-state index in [-0.39, 0.29) is 37.2 Å². The van der Waals surface area contributed by atoms with E-state index in [1.165, 1.54) is 4.90 Å². The molecule has 2 unspecified atom stereocenters. The van der Waals surface area contributed by atoms with Gasteiger partial charge in [-0.1, -0.05) is 20.3 Å². The van der Waals surface area contributed by atoms with Gasteiger partial charge in [0, 0.05) is 19.5 Å². The van der Waals surface area contributed by atoms with Crippen LogP contribution in [0.1, 0.15) is 26.7 Å². The molecule has 0 spiro atoms. The number of nitrogens with zero attached hydrogens (tertiary/aromatic N) is 1. The first-order chi connectivity index (χ1) is 9.24. The fraction of sp³-hybridized carbons (Fsp3) is 0.833. The summed E-state index contributed by atoms with van der Waals surface area (Å²) in [6.07, 6.45) is -3.94. The Hall–Kier alpha value is -1.31. The SMILES string of the molecule is CCC(C)C1NC(=O)CCN(CCOC(F)(F)F)C1=O. The molecule has 0 aliphatic carbocycles. The van der Waals surface area contributed by atoms with Gasteiger partial charge >= 0.3 is 6.36 Å². The van der Waals surface area contributed by atoms with E-state index in [0.717, 1.165) is 0 Å². The van der Waals surface area contributed by atoms with E-state index in [9.17, 15) is 22.8 Å². The molecule has 0 bridgehead atoms. The lowest BCUT2D eigenvalue weighted by molar-refractivity contribution is -0.324. The third-order valence-electron chi connectivity index (χ3n) is 3.34. The van der Waals surface area contributed by atoms with Gasteiger partial charge in [0.25, 0.3) is 0 Å². The minimum atomic E-state index is -4.71. The highest BCUT2D eigenvalue weighted by atomic mass is 19.4. The topological polar surface area (TPSA) is 58.6 Å². The van der Waals surface area contributed by atoms with Crippen LogP contribution >= 0.6 is 0 Å². The van der Waals surface area contributed by atoms with Crippen LogP contribution in [-0.2, 0) is 14.3 Å². The summed E-state index contributed by atoms with van der Waals surface area (Å²) in [5.74, 6) is -0.686. The number of ether oxygens (including phenoxy) is 1. The van der Waals surface area contributed by atoms with Crippen LogP contribution in [0.25, 0.3) is 0 Å². The molecule has 0 radical (unpaired) electrons. The highest BCUT2D eigenvalue weighted by Crippen LogP contribution is 2.17. The third-order valence-corrected chi connectivity index (χ3v) is 3.34. The van der Waals surface area contributed by atoms with Crippen molar-refractivity contribution in [3.05, 3.63) is 0 Å². The summed E-state index contributed by atoms with van der Waals surface area (Å²) in [5, 5.41) is 2.62. The van der Waals surface area contributed by atoms with E-state index in [2.05, 4.69) is 10.1 Å². The maximum atomic E-state index is 12.2. The molecule has 1 rings (SSSR count). The van der Waals surface area contributed by atoms with Crippen molar-refractivity contribution >= 4 is 11.8 Å². The summed E-state index contributed by atoms with van der Waals surface area (Å²) in [7, 11) is 0. The van der Waals surface area contributed by atoms with Gasteiger partial charge in [-0.3, -0.25) is 14.3 Å². The molecule has 1 heterocycles. The number of amides is 2. The van der Waals surface area contributed by atoms with Crippen LogP contribution in [0.5, 0.6) is 0 Å². The molecule has 1 N–H and O–H groups in total. The molecular weight excluding hydrogens is 277 g/mol. The molecule has 0 aromatic heterocycles.